The van der Waals surface area contributed by atoms with Gasteiger partial charge in [0.15, 0.2) is 0 Å². The first-order valence-corrected chi connectivity index (χ1v) is 7.53. The van der Waals surface area contributed by atoms with Gasteiger partial charge in [0.25, 0.3) is 5.91 Å². The lowest BCUT2D eigenvalue weighted by molar-refractivity contribution is -0.384. The van der Waals surface area contributed by atoms with E-state index in [1.54, 1.807) is 6.92 Å². The summed E-state index contributed by atoms with van der Waals surface area (Å²) in [6.45, 7) is 6.73. The highest BCUT2D eigenvalue weighted by Crippen LogP contribution is 2.42. The van der Waals surface area contributed by atoms with Gasteiger partial charge in [0.2, 0.25) is 11.8 Å². The van der Waals surface area contributed by atoms with Crippen LogP contribution in [0.5, 0.6) is 0 Å². The Hall–Kier alpha value is -2.77. The number of nitro benzene ring substituents is 1. The van der Waals surface area contributed by atoms with Crippen LogP contribution in [-0.4, -0.2) is 22.6 Å². The van der Waals surface area contributed by atoms with Gasteiger partial charge in [-0.15, -0.1) is 0 Å². The van der Waals surface area contributed by atoms with E-state index in [1.165, 1.54) is 19.1 Å². The van der Waals surface area contributed by atoms with Crippen LogP contribution in [0.2, 0.25) is 0 Å². The van der Waals surface area contributed by atoms with Crippen molar-refractivity contribution in [3.05, 3.63) is 33.4 Å². The number of fused-ring (bicyclic) bond motifs is 1. The molecule has 2 N–H and O–H groups in total. The van der Waals surface area contributed by atoms with E-state index in [0.29, 0.717) is 12.0 Å². The molecule has 0 aromatic heterocycles. The van der Waals surface area contributed by atoms with Crippen LogP contribution in [0.15, 0.2) is 12.1 Å². The molecule has 0 bridgehead atoms. The second-order valence-corrected chi connectivity index (χ2v) is 6.54. The zero-order valence-electron chi connectivity index (χ0n) is 13.9. The molecule has 0 saturated carbocycles. The highest BCUT2D eigenvalue weighted by molar-refractivity contribution is 6.16. The van der Waals surface area contributed by atoms with E-state index in [9.17, 15) is 24.5 Å². The van der Waals surface area contributed by atoms with Crippen molar-refractivity contribution >= 4 is 29.1 Å². The number of amides is 3. The van der Waals surface area contributed by atoms with Crippen LogP contribution < -0.4 is 10.6 Å². The van der Waals surface area contributed by atoms with Gasteiger partial charge in [0, 0.05) is 6.92 Å². The molecule has 0 radical (unpaired) electrons. The number of anilines is 1. The van der Waals surface area contributed by atoms with Gasteiger partial charge in [0.1, 0.15) is 11.3 Å². The molecule has 0 aliphatic carbocycles. The molecule has 1 aromatic rings. The Kier molecular flexibility index (Phi) is 4.42. The molecule has 1 unspecified atom stereocenters. The van der Waals surface area contributed by atoms with E-state index >= 15 is 0 Å². The van der Waals surface area contributed by atoms with E-state index in [4.69, 9.17) is 0 Å². The van der Waals surface area contributed by atoms with Gasteiger partial charge in [-0.1, -0.05) is 19.9 Å². The van der Waals surface area contributed by atoms with Crippen molar-refractivity contribution < 1.29 is 19.3 Å². The SMILES string of the molecule is CC(=O)Nc1ccc2c(c1[N+](=O)[O-])C(=O)NC(=O)C2(C)CC(C)C. The number of nitro groups is 1. The van der Waals surface area contributed by atoms with Gasteiger partial charge in [-0.05, 0) is 30.9 Å². The molecule has 0 saturated heterocycles. The Morgan fingerprint density at radius 3 is 2.50 bits per heavy atom. The molecule has 1 atom stereocenters. The van der Waals surface area contributed by atoms with Gasteiger partial charge < -0.3 is 5.32 Å². The second-order valence-electron chi connectivity index (χ2n) is 6.54. The number of hydrogen-bond acceptors (Lipinski definition) is 5. The van der Waals surface area contributed by atoms with Crippen LogP contribution in [0.1, 0.15) is 50.0 Å². The van der Waals surface area contributed by atoms with Gasteiger partial charge in [-0.3, -0.25) is 29.8 Å². The summed E-state index contributed by atoms with van der Waals surface area (Å²) in [5, 5.41) is 16.1. The number of rotatable bonds is 4. The minimum atomic E-state index is -1.06. The van der Waals surface area contributed by atoms with E-state index < -0.39 is 33.7 Å². The highest BCUT2D eigenvalue weighted by atomic mass is 16.6. The summed E-state index contributed by atoms with van der Waals surface area (Å²) in [5.41, 5.74) is -1.48. The monoisotopic (exact) mass is 333 g/mol. The van der Waals surface area contributed by atoms with E-state index in [-0.39, 0.29) is 17.2 Å². The number of imide groups is 1. The average Bonchev–Trinajstić information content (AvgIpc) is 2.43. The number of carbonyl (C=O) groups excluding carboxylic acids is 3. The molecule has 8 heteroatoms. The maximum atomic E-state index is 12.4. The zero-order chi connectivity index (χ0) is 18.2. The summed E-state index contributed by atoms with van der Waals surface area (Å²) in [4.78, 5) is 46.8. The van der Waals surface area contributed by atoms with Crippen LogP contribution in [0, 0.1) is 16.0 Å². The third-order valence-electron chi connectivity index (χ3n) is 4.04. The van der Waals surface area contributed by atoms with Crippen molar-refractivity contribution in [2.45, 2.75) is 39.5 Å². The predicted molar refractivity (Wildman–Crippen MR) is 86.7 cm³/mol. The quantitative estimate of drug-likeness (QED) is 0.497. The zero-order valence-corrected chi connectivity index (χ0v) is 13.9. The van der Waals surface area contributed by atoms with Crippen LogP contribution in [0.3, 0.4) is 0 Å². The van der Waals surface area contributed by atoms with Crippen molar-refractivity contribution in [1.82, 2.24) is 5.32 Å². The van der Waals surface area contributed by atoms with Crippen LogP contribution in [0.25, 0.3) is 0 Å². The second kappa shape index (κ2) is 6.03. The molecule has 2 rings (SSSR count). The number of nitrogens with zero attached hydrogens (tertiary/aromatic N) is 1. The summed E-state index contributed by atoms with van der Waals surface area (Å²) >= 11 is 0. The standard InChI is InChI=1S/C16H19N3O5/c1-8(2)7-16(4)10-5-6-11(17-9(3)20)13(19(23)24)12(10)14(21)18-15(16)22/h5-6,8H,7H2,1-4H3,(H,17,20)(H,18,21,22). The summed E-state index contributed by atoms with van der Waals surface area (Å²) in [6.07, 6.45) is 0.426. The maximum absolute atomic E-state index is 12.4. The normalized spacial score (nSPS) is 19.7. The van der Waals surface area contributed by atoms with Gasteiger partial charge in [0.05, 0.1) is 10.3 Å². The lowest BCUT2D eigenvalue weighted by atomic mass is 9.71. The third-order valence-corrected chi connectivity index (χ3v) is 4.04. The minimum Gasteiger partial charge on any atom is -0.321 e. The minimum absolute atomic E-state index is 0.0670. The number of benzene rings is 1. The predicted octanol–water partition coefficient (Wildman–Crippen LogP) is 2.13. The van der Waals surface area contributed by atoms with Crippen LogP contribution in [0.4, 0.5) is 11.4 Å². The molecule has 1 aliphatic rings. The Balaban J connectivity index is 2.77. The topological polar surface area (TPSA) is 118 Å². The van der Waals surface area contributed by atoms with Crippen molar-refractivity contribution in [3.8, 4) is 0 Å². The Labute approximate surface area is 138 Å². The highest BCUT2D eigenvalue weighted by Gasteiger charge is 2.47. The van der Waals surface area contributed by atoms with Crippen LogP contribution >= 0.6 is 0 Å². The fourth-order valence-electron chi connectivity index (χ4n) is 3.21. The number of carbonyl (C=O) groups is 3. The fourth-order valence-corrected chi connectivity index (χ4v) is 3.21. The summed E-state index contributed by atoms with van der Waals surface area (Å²) in [7, 11) is 0. The molecule has 0 fully saturated rings. The fraction of sp³-hybridized carbons (Fsp3) is 0.438. The molecular formula is C16H19N3O5. The van der Waals surface area contributed by atoms with Gasteiger partial charge in [-0.25, -0.2) is 0 Å². The summed E-state index contributed by atoms with van der Waals surface area (Å²) < 4.78 is 0. The first kappa shape index (κ1) is 17.6. The summed E-state index contributed by atoms with van der Waals surface area (Å²) in [6, 6.07) is 2.87. The molecule has 3 amide bonds. The first-order chi connectivity index (χ1) is 11.1. The van der Waals surface area contributed by atoms with Crippen molar-refractivity contribution in [2.75, 3.05) is 5.32 Å². The molecule has 0 spiro atoms. The Morgan fingerprint density at radius 1 is 1.38 bits per heavy atom. The van der Waals surface area contributed by atoms with E-state index in [1.807, 2.05) is 13.8 Å². The largest absolute Gasteiger partial charge is 0.321 e. The smallest absolute Gasteiger partial charge is 0.305 e. The molecule has 1 aliphatic heterocycles. The van der Waals surface area contributed by atoms with Crippen molar-refractivity contribution in [2.24, 2.45) is 5.92 Å². The van der Waals surface area contributed by atoms with Crippen molar-refractivity contribution in [3.63, 3.8) is 0 Å². The third kappa shape index (κ3) is 2.86. The van der Waals surface area contributed by atoms with Gasteiger partial charge >= 0.3 is 5.69 Å². The maximum Gasteiger partial charge on any atom is 0.305 e. The molecular weight excluding hydrogens is 314 g/mol. The van der Waals surface area contributed by atoms with Crippen molar-refractivity contribution in [1.29, 1.82) is 0 Å². The van der Waals surface area contributed by atoms with E-state index in [2.05, 4.69) is 10.6 Å². The molecule has 24 heavy (non-hydrogen) atoms. The molecule has 1 heterocycles. The Morgan fingerprint density at radius 2 is 2.00 bits per heavy atom. The molecule has 8 nitrogen and oxygen atoms in total. The summed E-state index contributed by atoms with van der Waals surface area (Å²) in [5.74, 6) is -1.66. The van der Waals surface area contributed by atoms with Gasteiger partial charge in [-0.2, -0.15) is 0 Å². The lowest BCUT2D eigenvalue weighted by Gasteiger charge is -2.35. The first-order valence-electron chi connectivity index (χ1n) is 7.53. The lowest BCUT2D eigenvalue weighted by Crippen LogP contribution is -2.51. The van der Waals surface area contributed by atoms with Crippen LogP contribution in [-0.2, 0) is 15.0 Å². The number of nitrogens with one attached hydrogen (secondary N) is 2. The molecule has 128 valence electrons. The number of hydrogen-bond donors (Lipinski definition) is 2. The average molecular weight is 333 g/mol. The Bertz CT molecular complexity index is 756. The van der Waals surface area contributed by atoms with E-state index in [0.717, 1.165) is 0 Å². The molecule has 1 aromatic carbocycles.